The quantitative estimate of drug-likeness (QED) is 0.594. The third kappa shape index (κ3) is 6.29. The van der Waals surface area contributed by atoms with E-state index in [9.17, 15) is 9.59 Å². The zero-order valence-corrected chi connectivity index (χ0v) is 18.6. The summed E-state index contributed by atoms with van der Waals surface area (Å²) in [4.78, 5) is 28.8. The average molecular weight is 443 g/mol. The van der Waals surface area contributed by atoms with Crippen LogP contribution in [0.15, 0.2) is 48.5 Å². The zero-order chi connectivity index (χ0) is 22.8. The van der Waals surface area contributed by atoms with Crippen molar-refractivity contribution < 1.29 is 28.5 Å². The molecule has 2 aromatic rings. The molecule has 0 N–H and O–H groups in total. The van der Waals surface area contributed by atoms with E-state index < -0.39 is 0 Å². The Kier molecular flexibility index (Phi) is 8.60. The highest BCUT2D eigenvalue weighted by Crippen LogP contribution is 2.27. The van der Waals surface area contributed by atoms with Gasteiger partial charge in [-0.3, -0.25) is 9.59 Å². The molecule has 1 fully saturated rings. The molecule has 172 valence electrons. The van der Waals surface area contributed by atoms with Crippen molar-refractivity contribution in [3.05, 3.63) is 48.5 Å². The molecule has 1 aliphatic heterocycles. The molecule has 8 nitrogen and oxygen atoms in total. The second-order valence-electron chi connectivity index (χ2n) is 7.22. The van der Waals surface area contributed by atoms with Crippen LogP contribution in [0, 0.1) is 0 Å². The van der Waals surface area contributed by atoms with Crippen LogP contribution in [-0.4, -0.2) is 74.7 Å². The topological polar surface area (TPSA) is 77.5 Å². The van der Waals surface area contributed by atoms with Gasteiger partial charge in [-0.25, -0.2) is 0 Å². The first kappa shape index (κ1) is 23.2. The van der Waals surface area contributed by atoms with E-state index in [0.717, 1.165) is 0 Å². The Morgan fingerprint density at radius 1 is 0.719 bits per heavy atom. The lowest BCUT2D eigenvalue weighted by Gasteiger charge is -2.22. The summed E-state index contributed by atoms with van der Waals surface area (Å²) in [5, 5.41) is 0. The van der Waals surface area contributed by atoms with Crippen molar-refractivity contribution >= 4 is 11.8 Å². The number of carbonyl (C=O) groups excluding carboxylic acids is 2. The molecule has 0 saturated carbocycles. The van der Waals surface area contributed by atoms with E-state index in [1.807, 2.05) is 37.3 Å². The van der Waals surface area contributed by atoms with Gasteiger partial charge in [0.2, 0.25) is 0 Å². The minimum atomic E-state index is -0.118. The van der Waals surface area contributed by atoms with E-state index in [1.54, 1.807) is 35.1 Å². The Balaban J connectivity index is 1.48. The molecule has 1 aliphatic rings. The molecule has 0 radical (unpaired) electrons. The van der Waals surface area contributed by atoms with Crippen LogP contribution in [0.3, 0.4) is 0 Å². The molecule has 2 amide bonds. The van der Waals surface area contributed by atoms with Gasteiger partial charge in [0.25, 0.3) is 11.8 Å². The number of nitrogens with zero attached hydrogens (tertiary/aromatic N) is 2. The Labute approximate surface area is 188 Å². The summed E-state index contributed by atoms with van der Waals surface area (Å²) in [6, 6.07) is 14.5. The van der Waals surface area contributed by atoms with Gasteiger partial charge < -0.3 is 28.7 Å². The van der Waals surface area contributed by atoms with Gasteiger partial charge >= 0.3 is 0 Å². The Bertz CT molecular complexity index is 904. The first-order chi connectivity index (χ1) is 15.6. The molecular formula is C24H30N2O6. The Morgan fingerprint density at radius 2 is 1.16 bits per heavy atom. The van der Waals surface area contributed by atoms with Gasteiger partial charge in [-0.15, -0.1) is 0 Å². The molecular weight excluding hydrogens is 412 g/mol. The number of carbonyl (C=O) groups is 2. The van der Waals surface area contributed by atoms with Crippen LogP contribution in [0.5, 0.6) is 23.0 Å². The molecule has 0 atom stereocenters. The van der Waals surface area contributed by atoms with Gasteiger partial charge in [-0.2, -0.15) is 0 Å². The largest absolute Gasteiger partial charge is 0.493 e. The summed E-state index contributed by atoms with van der Waals surface area (Å²) >= 11 is 0. The third-order valence-corrected chi connectivity index (χ3v) is 5.12. The predicted octanol–water partition coefficient (Wildman–Crippen LogP) is 2.61. The standard InChI is InChI=1S/C24H30N2O6/c1-3-30-21-11-6-7-12-22(21)32-18-24(28)26-14-8-13-25(15-16-26)23(27)17-31-20-10-5-4-9-19(20)29-2/h4-7,9-12H,3,8,13-18H2,1-2H3. The van der Waals surface area contributed by atoms with Gasteiger partial charge in [0.15, 0.2) is 36.2 Å². The lowest BCUT2D eigenvalue weighted by atomic mass is 10.3. The minimum absolute atomic E-state index is 0.0745. The summed E-state index contributed by atoms with van der Waals surface area (Å²) in [5.74, 6) is 2.04. The van der Waals surface area contributed by atoms with Gasteiger partial charge in [0, 0.05) is 26.2 Å². The number of amides is 2. The van der Waals surface area contributed by atoms with Gasteiger partial charge in [-0.05, 0) is 37.6 Å². The molecule has 0 aromatic heterocycles. The van der Waals surface area contributed by atoms with Gasteiger partial charge in [0.1, 0.15) is 0 Å². The highest BCUT2D eigenvalue weighted by atomic mass is 16.5. The highest BCUT2D eigenvalue weighted by Gasteiger charge is 2.23. The summed E-state index contributed by atoms with van der Waals surface area (Å²) in [7, 11) is 1.56. The van der Waals surface area contributed by atoms with E-state index >= 15 is 0 Å². The molecule has 2 aromatic carbocycles. The van der Waals surface area contributed by atoms with Crippen LogP contribution in [0.25, 0.3) is 0 Å². The van der Waals surface area contributed by atoms with E-state index in [1.165, 1.54) is 0 Å². The second-order valence-corrected chi connectivity index (χ2v) is 7.22. The number of methoxy groups -OCH3 is 1. The zero-order valence-electron chi connectivity index (χ0n) is 18.6. The number of para-hydroxylation sites is 4. The number of hydrogen-bond acceptors (Lipinski definition) is 6. The van der Waals surface area contributed by atoms with Gasteiger partial charge in [-0.1, -0.05) is 24.3 Å². The number of hydrogen-bond donors (Lipinski definition) is 0. The maximum atomic E-state index is 12.7. The predicted molar refractivity (Wildman–Crippen MR) is 119 cm³/mol. The highest BCUT2D eigenvalue weighted by molar-refractivity contribution is 5.79. The van der Waals surface area contributed by atoms with E-state index in [2.05, 4.69) is 0 Å². The SMILES string of the molecule is CCOc1ccccc1OCC(=O)N1CCCN(C(=O)COc2ccccc2OC)CC1. The Hall–Kier alpha value is -3.42. The first-order valence-electron chi connectivity index (χ1n) is 10.8. The summed E-state index contributed by atoms with van der Waals surface area (Å²) < 4.78 is 22.1. The van der Waals surface area contributed by atoms with Crippen LogP contribution < -0.4 is 18.9 Å². The lowest BCUT2D eigenvalue weighted by molar-refractivity contribution is -0.135. The van der Waals surface area contributed by atoms with Crippen molar-refractivity contribution in [1.29, 1.82) is 0 Å². The van der Waals surface area contributed by atoms with Crippen molar-refractivity contribution in [3.8, 4) is 23.0 Å². The fourth-order valence-electron chi connectivity index (χ4n) is 3.46. The van der Waals surface area contributed by atoms with E-state index in [4.69, 9.17) is 18.9 Å². The summed E-state index contributed by atoms with van der Waals surface area (Å²) in [6.07, 6.45) is 0.696. The molecule has 3 rings (SSSR count). The summed E-state index contributed by atoms with van der Waals surface area (Å²) in [6.45, 7) is 4.32. The molecule has 1 heterocycles. The van der Waals surface area contributed by atoms with Crippen molar-refractivity contribution in [1.82, 2.24) is 9.80 Å². The number of rotatable bonds is 9. The lowest BCUT2D eigenvalue weighted by Crippen LogP contribution is -2.40. The van der Waals surface area contributed by atoms with Crippen LogP contribution in [0.4, 0.5) is 0 Å². The maximum absolute atomic E-state index is 12.7. The van der Waals surface area contributed by atoms with E-state index in [0.29, 0.717) is 62.2 Å². The molecule has 0 spiro atoms. The van der Waals surface area contributed by atoms with Crippen LogP contribution in [-0.2, 0) is 9.59 Å². The molecule has 0 aliphatic carbocycles. The number of benzene rings is 2. The number of ether oxygens (including phenoxy) is 4. The fourth-order valence-corrected chi connectivity index (χ4v) is 3.46. The van der Waals surface area contributed by atoms with E-state index in [-0.39, 0.29) is 25.0 Å². The van der Waals surface area contributed by atoms with Crippen LogP contribution >= 0.6 is 0 Å². The second kappa shape index (κ2) is 11.8. The van der Waals surface area contributed by atoms with Crippen LogP contribution in [0.2, 0.25) is 0 Å². The van der Waals surface area contributed by atoms with Gasteiger partial charge in [0.05, 0.1) is 13.7 Å². The van der Waals surface area contributed by atoms with Crippen molar-refractivity contribution in [2.45, 2.75) is 13.3 Å². The van der Waals surface area contributed by atoms with Crippen molar-refractivity contribution in [3.63, 3.8) is 0 Å². The molecule has 8 heteroatoms. The molecule has 0 bridgehead atoms. The third-order valence-electron chi connectivity index (χ3n) is 5.12. The fraction of sp³-hybridized carbons (Fsp3) is 0.417. The first-order valence-corrected chi connectivity index (χ1v) is 10.8. The molecule has 1 saturated heterocycles. The van der Waals surface area contributed by atoms with Crippen molar-refractivity contribution in [2.24, 2.45) is 0 Å². The Morgan fingerprint density at radius 3 is 1.62 bits per heavy atom. The molecule has 0 unspecified atom stereocenters. The normalized spacial score (nSPS) is 13.8. The average Bonchev–Trinajstić information content (AvgIpc) is 3.09. The smallest absolute Gasteiger partial charge is 0.260 e. The molecule has 32 heavy (non-hydrogen) atoms. The monoisotopic (exact) mass is 442 g/mol. The van der Waals surface area contributed by atoms with Crippen LogP contribution in [0.1, 0.15) is 13.3 Å². The van der Waals surface area contributed by atoms with Crippen molar-refractivity contribution in [2.75, 3.05) is 53.1 Å². The minimum Gasteiger partial charge on any atom is -0.493 e. The summed E-state index contributed by atoms with van der Waals surface area (Å²) in [5.41, 5.74) is 0. The maximum Gasteiger partial charge on any atom is 0.260 e.